The Morgan fingerprint density at radius 3 is 2.79 bits per heavy atom. The molecule has 7 heteroatoms. The monoisotopic (exact) mass is 396 g/mol. The van der Waals surface area contributed by atoms with Gasteiger partial charge in [-0.05, 0) is 37.1 Å². The van der Waals surface area contributed by atoms with E-state index in [1.165, 1.54) is 11.3 Å². The molecule has 2 atom stereocenters. The maximum absolute atomic E-state index is 13.4. The van der Waals surface area contributed by atoms with Crippen molar-refractivity contribution in [2.24, 2.45) is 0 Å². The highest BCUT2D eigenvalue weighted by atomic mass is 32.1. The summed E-state index contributed by atoms with van der Waals surface area (Å²) in [6, 6.07) is 15.3. The number of rotatable bonds is 4. The molecule has 0 unspecified atom stereocenters. The van der Waals surface area contributed by atoms with E-state index in [9.17, 15) is 4.79 Å². The van der Waals surface area contributed by atoms with Gasteiger partial charge in [0.2, 0.25) is 6.10 Å². The molecule has 2 aliphatic heterocycles. The highest BCUT2D eigenvalue weighted by molar-refractivity contribution is 7.22. The van der Waals surface area contributed by atoms with Crippen LogP contribution in [0.3, 0.4) is 0 Å². The van der Waals surface area contributed by atoms with Crippen LogP contribution in [0.2, 0.25) is 0 Å². The average Bonchev–Trinajstić information content (AvgIpc) is 3.40. The average molecular weight is 396 g/mol. The van der Waals surface area contributed by atoms with Crippen LogP contribution in [0.25, 0.3) is 10.2 Å². The van der Waals surface area contributed by atoms with E-state index < -0.39 is 6.10 Å². The molecular formula is C21H20N2O4S. The van der Waals surface area contributed by atoms with Crippen molar-refractivity contribution in [1.29, 1.82) is 0 Å². The van der Waals surface area contributed by atoms with Crippen LogP contribution in [0, 0.1) is 0 Å². The van der Waals surface area contributed by atoms with Gasteiger partial charge in [0.15, 0.2) is 16.6 Å². The molecule has 2 aliphatic rings. The van der Waals surface area contributed by atoms with Crippen molar-refractivity contribution in [2.75, 3.05) is 24.7 Å². The van der Waals surface area contributed by atoms with Crippen molar-refractivity contribution in [2.45, 2.75) is 25.0 Å². The molecule has 6 nitrogen and oxygen atoms in total. The zero-order valence-corrected chi connectivity index (χ0v) is 16.1. The van der Waals surface area contributed by atoms with Crippen molar-refractivity contribution in [3.8, 4) is 11.5 Å². The van der Waals surface area contributed by atoms with E-state index in [0.717, 1.165) is 29.7 Å². The molecule has 0 spiro atoms. The molecule has 0 aliphatic carbocycles. The number of benzene rings is 2. The lowest BCUT2D eigenvalue weighted by Gasteiger charge is -2.30. The van der Waals surface area contributed by atoms with Crippen LogP contribution < -0.4 is 14.4 Å². The van der Waals surface area contributed by atoms with Gasteiger partial charge in [-0.15, -0.1) is 0 Å². The van der Waals surface area contributed by atoms with Crippen LogP contribution in [0.5, 0.6) is 11.5 Å². The van der Waals surface area contributed by atoms with Crippen LogP contribution in [-0.4, -0.2) is 42.9 Å². The predicted octanol–water partition coefficient (Wildman–Crippen LogP) is 3.65. The summed E-state index contributed by atoms with van der Waals surface area (Å²) < 4.78 is 18.5. The van der Waals surface area contributed by atoms with E-state index in [4.69, 9.17) is 14.2 Å². The molecule has 3 aromatic rings. The Kier molecular flexibility index (Phi) is 4.62. The molecule has 144 valence electrons. The lowest BCUT2D eigenvalue weighted by Crippen LogP contribution is -2.48. The van der Waals surface area contributed by atoms with Gasteiger partial charge in [0.25, 0.3) is 5.91 Å². The Balaban J connectivity index is 1.44. The summed E-state index contributed by atoms with van der Waals surface area (Å²) in [7, 11) is 0. The Hall–Kier alpha value is -2.64. The molecule has 3 heterocycles. The number of hydrogen-bond donors (Lipinski definition) is 0. The second-order valence-electron chi connectivity index (χ2n) is 6.91. The summed E-state index contributed by atoms with van der Waals surface area (Å²) in [6.45, 7) is 1.39. The summed E-state index contributed by atoms with van der Waals surface area (Å²) in [4.78, 5) is 19.8. The van der Waals surface area contributed by atoms with Crippen LogP contribution in [-0.2, 0) is 9.53 Å². The number of ether oxygens (including phenoxy) is 3. The van der Waals surface area contributed by atoms with E-state index in [1.807, 2.05) is 48.5 Å². The van der Waals surface area contributed by atoms with E-state index >= 15 is 0 Å². The van der Waals surface area contributed by atoms with Gasteiger partial charge in [0, 0.05) is 6.61 Å². The Labute approximate surface area is 166 Å². The smallest absolute Gasteiger partial charge is 0.273 e. The second-order valence-corrected chi connectivity index (χ2v) is 7.92. The first kappa shape index (κ1) is 17.5. The normalized spacial score (nSPS) is 21.0. The highest BCUT2D eigenvalue weighted by Crippen LogP contribution is 2.34. The third-order valence-electron chi connectivity index (χ3n) is 4.97. The fourth-order valence-corrected chi connectivity index (χ4v) is 4.53. The van der Waals surface area contributed by atoms with Gasteiger partial charge in [0.1, 0.15) is 6.61 Å². The van der Waals surface area contributed by atoms with E-state index in [0.29, 0.717) is 23.2 Å². The number of anilines is 1. The molecule has 0 N–H and O–H groups in total. The lowest BCUT2D eigenvalue weighted by atomic mass is 10.2. The molecule has 0 radical (unpaired) electrons. The number of para-hydroxylation sites is 3. The molecule has 2 aromatic carbocycles. The van der Waals surface area contributed by atoms with Gasteiger partial charge in [-0.1, -0.05) is 35.6 Å². The summed E-state index contributed by atoms with van der Waals surface area (Å²) in [5.41, 5.74) is 0.888. The first-order chi connectivity index (χ1) is 13.8. The fraction of sp³-hybridized carbons (Fsp3) is 0.333. The molecule has 1 amide bonds. The Bertz CT molecular complexity index is 966. The molecule has 1 aromatic heterocycles. The number of carbonyl (C=O) groups is 1. The Morgan fingerprint density at radius 2 is 1.96 bits per heavy atom. The summed E-state index contributed by atoms with van der Waals surface area (Å²) in [5.74, 6) is 1.11. The summed E-state index contributed by atoms with van der Waals surface area (Å²) in [5, 5.41) is 0.671. The molecule has 1 fully saturated rings. The van der Waals surface area contributed by atoms with Crippen LogP contribution >= 0.6 is 11.3 Å². The van der Waals surface area contributed by atoms with Gasteiger partial charge in [-0.2, -0.15) is 0 Å². The number of carbonyl (C=O) groups excluding carboxylic acids is 1. The predicted molar refractivity (Wildman–Crippen MR) is 107 cm³/mol. The minimum absolute atomic E-state index is 0.0211. The van der Waals surface area contributed by atoms with Crippen LogP contribution in [0.4, 0.5) is 5.13 Å². The number of aromatic nitrogens is 1. The zero-order chi connectivity index (χ0) is 18.9. The summed E-state index contributed by atoms with van der Waals surface area (Å²) >= 11 is 1.51. The van der Waals surface area contributed by atoms with E-state index in [-0.39, 0.29) is 18.6 Å². The fourth-order valence-electron chi connectivity index (χ4n) is 3.54. The van der Waals surface area contributed by atoms with E-state index in [1.54, 1.807) is 4.90 Å². The van der Waals surface area contributed by atoms with Gasteiger partial charge in [-0.3, -0.25) is 9.69 Å². The van der Waals surface area contributed by atoms with Crippen LogP contribution in [0.15, 0.2) is 48.5 Å². The zero-order valence-electron chi connectivity index (χ0n) is 15.2. The molecule has 28 heavy (non-hydrogen) atoms. The van der Waals surface area contributed by atoms with Gasteiger partial charge in [0.05, 0.1) is 22.9 Å². The molecule has 5 rings (SSSR count). The first-order valence-corrected chi connectivity index (χ1v) is 10.3. The minimum Gasteiger partial charge on any atom is -0.485 e. The van der Waals surface area contributed by atoms with E-state index in [2.05, 4.69) is 4.98 Å². The van der Waals surface area contributed by atoms with Crippen molar-refractivity contribution in [3.63, 3.8) is 0 Å². The first-order valence-electron chi connectivity index (χ1n) is 9.45. The SMILES string of the molecule is O=C([C@H]1COc2ccccc2O1)N(C[C@H]1CCCO1)c1nc2ccccc2s1. The highest BCUT2D eigenvalue weighted by Gasteiger charge is 2.35. The lowest BCUT2D eigenvalue weighted by molar-refractivity contribution is -0.128. The number of thiazole rings is 1. The summed E-state index contributed by atoms with van der Waals surface area (Å²) in [6.07, 6.45) is 1.28. The third-order valence-corrected chi connectivity index (χ3v) is 6.03. The second kappa shape index (κ2) is 7.41. The third kappa shape index (κ3) is 3.31. The van der Waals surface area contributed by atoms with Crippen LogP contribution in [0.1, 0.15) is 12.8 Å². The standard InChI is InChI=1S/C21H20N2O4S/c24-20(18-13-26-16-8-2-3-9-17(16)27-18)23(12-14-6-5-11-25-14)21-22-15-7-1-4-10-19(15)28-21/h1-4,7-10,14,18H,5-6,11-13H2/t14-,18-/m1/s1. The molecule has 1 saturated heterocycles. The molecular weight excluding hydrogens is 376 g/mol. The van der Waals surface area contributed by atoms with Crippen molar-refractivity contribution in [3.05, 3.63) is 48.5 Å². The minimum atomic E-state index is -0.705. The van der Waals surface area contributed by atoms with Crippen molar-refractivity contribution < 1.29 is 19.0 Å². The largest absolute Gasteiger partial charge is 0.485 e. The number of amides is 1. The molecule has 0 bridgehead atoms. The number of nitrogens with zero attached hydrogens (tertiary/aromatic N) is 2. The van der Waals surface area contributed by atoms with Gasteiger partial charge < -0.3 is 14.2 Å². The topological polar surface area (TPSA) is 60.9 Å². The number of hydrogen-bond acceptors (Lipinski definition) is 6. The maximum atomic E-state index is 13.4. The van der Waals surface area contributed by atoms with Gasteiger partial charge >= 0.3 is 0 Å². The van der Waals surface area contributed by atoms with Crippen molar-refractivity contribution in [1.82, 2.24) is 4.98 Å². The van der Waals surface area contributed by atoms with Gasteiger partial charge in [-0.25, -0.2) is 4.98 Å². The van der Waals surface area contributed by atoms with Crippen molar-refractivity contribution >= 4 is 32.6 Å². The maximum Gasteiger partial charge on any atom is 0.273 e. The molecule has 0 saturated carbocycles. The Morgan fingerprint density at radius 1 is 1.14 bits per heavy atom. The quantitative estimate of drug-likeness (QED) is 0.674. The number of fused-ring (bicyclic) bond motifs is 2.